The number of carboxylic acid groups (broad SMARTS) is 1. The van der Waals surface area contributed by atoms with E-state index < -0.39 is 32.1 Å². The summed E-state index contributed by atoms with van der Waals surface area (Å²) in [5.74, 6) is -1.39. The highest BCUT2D eigenvalue weighted by molar-refractivity contribution is 7.89. The summed E-state index contributed by atoms with van der Waals surface area (Å²) >= 11 is 11.7. The fraction of sp³-hybridized carbons (Fsp3) is 0.417. The highest BCUT2D eigenvalue weighted by Crippen LogP contribution is 2.32. The molecule has 0 saturated carbocycles. The maximum Gasteiger partial charge on any atom is 0.338 e. The average Bonchev–Trinajstić information content (AvgIpc) is 2.73. The van der Waals surface area contributed by atoms with Crippen molar-refractivity contribution in [2.45, 2.75) is 23.8 Å². The van der Waals surface area contributed by atoms with Gasteiger partial charge in [-0.2, -0.15) is 0 Å². The standard InChI is InChI=1S/C12H13Cl2NO5S/c1-12(4-5-20-6-12)15-21(18,19)8-3-2-7(13)9(10(8)14)11(16)17/h2-3,15H,4-6H2,1H3,(H,16,17). The minimum Gasteiger partial charge on any atom is -0.478 e. The lowest BCUT2D eigenvalue weighted by Gasteiger charge is -2.23. The van der Waals surface area contributed by atoms with Gasteiger partial charge in [-0.25, -0.2) is 17.9 Å². The van der Waals surface area contributed by atoms with Gasteiger partial charge in [0.25, 0.3) is 0 Å². The lowest BCUT2D eigenvalue weighted by molar-refractivity contribution is 0.0697. The van der Waals surface area contributed by atoms with E-state index in [2.05, 4.69) is 4.72 Å². The second-order valence-corrected chi connectivity index (χ2v) is 7.44. The molecule has 0 aliphatic carbocycles. The molecule has 1 aromatic rings. The van der Waals surface area contributed by atoms with Gasteiger partial charge in [-0.15, -0.1) is 0 Å². The van der Waals surface area contributed by atoms with E-state index >= 15 is 0 Å². The van der Waals surface area contributed by atoms with Gasteiger partial charge in [0.05, 0.1) is 27.8 Å². The lowest BCUT2D eigenvalue weighted by atomic mass is 10.0. The van der Waals surface area contributed by atoms with Crippen molar-refractivity contribution in [2.24, 2.45) is 0 Å². The summed E-state index contributed by atoms with van der Waals surface area (Å²) in [6.07, 6.45) is 0.517. The zero-order valence-electron chi connectivity index (χ0n) is 11.0. The number of ether oxygens (including phenoxy) is 1. The molecule has 2 N–H and O–H groups in total. The Kier molecular flexibility index (Phi) is 4.51. The monoisotopic (exact) mass is 353 g/mol. The smallest absolute Gasteiger partial charge is 0.338 e. The number of halogens is 2. The fourth-order valence-corrected chi connectivity index (χ4v) is 4.41. The average molecular weight is 354 g/mol. The zero-order valence-corrected chi connectivity index (χ0v) is 13.3. The van der Waals surface area contributed by atoms with E-state index in [0.29, 0.717) is 13.0 Å². The van der Waals surface area contributed by atoms with Crippen LogP contribution in [0.5, 0.6) is 0 Å². The van der Waals surface area contributed by atoms with Crippen LogP contribution in [0.15, 0.2) is 17.0 Å². The third-order valence-electron chi connectivity index (χ3n) is 3.16. The molecule has 2 rings (SSSR count). The Morgan fingerprint density at radius 3 is 2.62 bits per heavy atom. The molecular formula is C12H13Cl2NO5S. The second kappa shape index (κ2) is 5.73. The predicted octanol–water partition coefficient (Wildman–Crippen LogP) is 2.15. The largest absolute Gasteiger partial charge is 0.478 e. The molecular weight excluding hydrogens is 341 g/mol. The third kappa shape index (κ3) is 3.32. The Labute approximate surface area is 132 Å². The molecule has 1 saturated heterocycles. The van der Waals surface area contributed by atoms with Crippen LogP contribution in [0.1, 0.15) is 23.7 Å². The highest BCUT2D eigenvalue weighted by Gasteiger charge is 2.36. The van der Waals surface area contributed by atoms with Crippen LogP contribution >= 0.6 is 23.2 Å². The number of benzene rings is 1. The van der Waals surface area contributed by atoms with Crippen molar-refractivity contribution < 1.29 is 23.1 Å². The van der Waals surface area contributed by atoms with Crippen molar-refractivity contribution in [2.75, 3.05) is 13.2 Å². The van der Waals surface area contributed by atoms with Crippen molar-refractivity contribution in [3.63, 3.8) is 0 Å². The summed E-state index contributed by atoms with van der Waals surface area (Å²) < 4.78 is 32.5. The molecule has 1 atom stereocenters. The first-order valence-corrected chi connectivity index (χ1v) is 8.23. The molecule has 1 unspecified atom stereocenters. The number of sulfonamides is 1. The Morgan fingerprint density at radius 1 is 1.43 bits per heavy atom. The van der Waals surface area contributed by atoms with Crippen LogP contribution in [0.4, 0.5) is 0 Å². The molecule has 1 heterocycles. The van der Waals surface area contributed by atoms with Gasteiger partial charge in [0, 0.05) is 6.61 Å². The molecule has 1 fully saturated rings. The molecule has 0 bridgehead atoms. The van der Waals surface area contributed by atoms with Crippen LogP contribution in [-0.4, -0.2) is 38.2 Å². The Hall–Kier alpha value is -0.860. The summed E-state index contributed by atoms with van der Waals surface area (Å²) in [5.41, 5.74) is -1.18. The number of nitrogens with one attached hydrogen (secondary N) is 1. The van der Waals surface area contributed by atoms with Crippen LogP contribution < -0.4 is 4.72 Å². The normalized spacial score (nSPS) is 22.4. The van der Waals surface area contributed by atoms with Crippen LogP contribution in [0.2, 0.25) is 10.0 Å². The SMILES string of the molecule is CC1(NS(=O)(=O)c2ccc(Cl)c(C(=O)O)c2Cl)CCOC1. The van der Waals surface area contributed by atoms with E-state index in [1.54, 1.807) is 6.92 Å². The summed E-state index contributed by atoms with van der Waals surface area (Å²) in [6.45, 7) is 2.40. The van der Waals surface area contributed by atoms with E-state index in [1.807, 2.05) is 0 Å². The Morgan fingerprint density at radius 2 is 2.10 bits per heavy atom. The highest BCUT2D eigenvalue weighted by atomic mass is 35.5. The van der Waals surface area contributed by atoms with E-state index in [9.17, 15) is 13.2 Å². The van der Waals surface area contributed by atoms with Gasteiger partial charge >= 0.3 is 5.97 Å². The van der Waals surface area contributed by atoms with Gasteiger partial charge in [0.1, 0.15) is 4.90 Å². The molecule has 21 heavy (non-hydrogen) atoms. The van der Waals surface area contributed by atoms with Crippen molar-refractivity contribution in [1.29, 1.82) is 0 Å². The topological polar surface area (TPSA) is 92.7 Å². The molecule has 0 spiro atoms. The number of hydrogen-bond acceptors (Lipinski definition) is 4. The number of carboxylic acids is 1. The second-order valence-electron chi connectivity index (χ2n) is 5.01. The van der Waals surface area contributed by atoms with E-state index in [0.717, 1.165) is 0 Å². The van der Waals surface area contributed by atoms with Gasteiger partial charge in [0.2, 0.25) is 10.0 Å². The lowest BCUT2D eigenvalue weighted by Crippen LogP contribution is -2.46. The molecule has 6 nitrogen and oxygen atoms in total. The summed E-state index contributed by atoms with van der Waals surface area (Å²) in [4.78, 5) is 10.8. The minimum absolute atomic E-state index is 0.123. The molecule has 0 aromatic heterocycles. The van der Waals surface area contributed by atoms with E-state index in [4.69, 9.17) is 33.0 Å². The van der Waals surface area contributed by atoms with Crippen LogP contribution in [0.3, 0.4) is 0 Å². The first kappa shape index (κ1) is 16.5. The number of aromatic carboxylic acids is 1. The van der Waals surface area contributed by atoms with Crippen molar-refractivity contribution in [3.8, 4) is 0 Å². The summed E-state index contributed by atoms with van der Waals surface area (Å²) in [5, 5.41) is 8.53. The van der Waals surface area contributed by atoms with Crippen LogP contribution in [0.25, 0.3) is 0 Å². The molecule has 1 aliphatic rings. The Balaban J connectivity index is 2.46. The zero-order chi connectivity index (χ0) is 15.8. The molecule has 1 aromatic carbocycles. The minimum atomic E-state index is -3.99. The predicted molar refractivity (Wildman–Crippen MR) is 77.6 cm³/mol. The van der Waals surface area contributed by atoms with Crippen LogP contribution in [0, 0.1) is 0 Å². The van der Waals surface area contributed by atoms with Crippen LogP contribution in [-0.2, 0) is 14.8 Å². The van der Waals surface area contributed by atoms with Gasteiger partial charge in [0.15, 0.2) is 0 Å². The first-order chi connectivity index (χ1) is 9.66. The van der Waals surface area contributed by atoms with Gasteiger partial charge in [-0.3, -0.25) is 0 Å². The quantitative estimate of drug-likeness (QED) is 0.864. The van der Waals surface area contributed by atoms with Crippen molar-refractivity contribution in [3.05, 3.63) is 27.7 Å². The fourth-order valence-electron chi connectivity index (χ4n) is 2.06. The first-order valence-electron chi connectivity index (χ1n) is 5.99. The maximum atomic E-state index is 12.4. The molecule has 0 amide bonds. The molecule has 0 radical (unpaired) electrons. The molecule has 9 heteroatoms. The maximum absolute atomic E-state index is 12.4. The summed E-state index contributed by atoms with van der Waals surface area (Å²) in [7, 11) is -3.99. The van der Waals surface area contributed by atoms with Crippen molar-refractivity contribution >= 4 is 39.2 Å². The molecule has 116 valence electrons. The summed E-state index contributed by atoms with van der Waals surface area (Å²) in [6, 6.07) is 2.37. The Bertz CT molecular complexity index is 683. The molecule has 1 aliphatic heterocycles. The van der Waals surface area contributed by atoms with Gasteiger partial charge in [-0.05, 0) is 25.5 Å². The third-order valence-corrected chi connectivity index (χ3v) is 5.66. The van der Waals surface area contributed by atoms with E-state index in [1.165, 1.54) is 12.1 Å². The van der Waals surface area contributed by atoms with Gasteiger partial charge in [-0.1, -0.05) is 23.2 Å². The van der Waals surface area contributed by atoms with Gasteiger partial charge < -0.3 is 9.84 Å². The van der Waals surface area contributed by atoms with Crippen molar-refractivity contribution in [1.82, 2.24) is 4.72 Å². The number of rotatable bonds is 4. The number of carbonyl (C=O) groups is 1. The van der Waals surface area contributed by atoms with E-state index in [-0.39, 0.29) is 16.5 Å². The number of hydrogen-bond donors (Lipinski definition) is 2.